The summed E-state index contributed by atoms with van der Waals surface area (Å²) in [6.45, 7) is 7.64. The van der Waals surface area contributed by atoms with E-state index >= 15 is 0 Å². The van der Waals surface area contributed by atoms with Crippen LogP contribution in [-0.4, -0.2) is 25.6 Å². The minimum atomic E-state index is -0.472. The third-order valence-electron chi connectivity index (χ3n) is 4.95. The Hall–Kier alpha value is -3.67. The number of hydrogen-bond acceptors (Lipinski definition) is 4. The molecule has 2 N–H and O–H groups in total. The Morgan fingerprint density at radius 2 is 1.67 bits per heavy atom. The monoisotopic (exact) mass is 400 g/mol. The Bertz CT molecular complexity index is 1230. The van der Waals surface area contributed by atoms with Crippen molar-refractivity contribution < 1.29 is 9.90 Å². The summed E-state index contributed by atoms with van der Waals surface area (Å²) in [6.07, 6.45) is 1.87. The lowest BCUT2D eigenvalue weighted by molar-refractivity contribution is -0.123. The van der Waals surface area contributed by atoms with Gasteiger partial charge < -0.3 is 10.4 Å². The number of nitrogens with zero attached hydrogens (tertiary/aromatic N) is 3. The molecular formula is C24H24N4O2. The Morgan fingerprint density at radius 3 is 2.37 bits per heavy atom. The summed E-state index contributed by atoms with van der Waals surface area (Å²) in [5.41, 5.74) is 5.41. The molecule has 0 saturated carbocycles. The highest BCUT2D eigenvalue weighted by Crippen LogP contribution is 2.27. The van der Waals surface area contributed by atoms with Gasteiger partial charge in [0.1, 0.15) is 5.75 Å². The van der Waals surface area contributed by atoms with Crippen molar-refractivity contribution in [1.82, 2.24) is 14.6 Å². The van der Waals surface area contributed by atoms with E-state index in [0.29, 0.717) is 0 Å². The first-order valence-corrected chi connectivity index (χ1v) is 9.79. The van der Waals surface area contributed by atoms with Crippen molar-refractivity contribution in [2.24, 2.45) is 5.41 Å². The molecule has 0 fully saturated rings. The lowest BCUT2D eigenvalue weighted by atomic mass is 9.95. The van der Waals surface area contributed by atoms with E-state index in [1.54, 1.807) is 16.6 Å². The molecule has 4 rings (SSSR count). The fourth-order valence-electron chi connectivity index (χ4n) is 3.03. The molecule has 0 atom stereocenters. The molecule has 0 bridgehead atoms. The number of nitrogens with one attached hydrogen (secondary N) is 1. The van der Waals surface area contributed by atoms with Crippen LogP contribution in [0.4, 0.5) is 5.69 Å². The zero-order chi connectivity index (χ0) is 21.5. The molecule has 0 saturated heterocycles. The van der Waals surface area contributed by atoms with E-state index in [1.165, 1.54) is 0 Å². The Kier molecular flexibility index (Phi) is 4.78. The minimum Gasteiger partial charge on any atom is -0.508 e. The lowest BCUT2D eigenvalue weighted by Gasteiger charge is -2.19. The number of amides is 1. The number of imidazole rings is 1. The van der Waals surface area contributed by atoms with Crippen LogP contribution < -0.4 is 5.32 Å². The number of carbonyl (C=O) groups is 1. The van der Waals surface area contributed by atoms with Crippen LogP contribution in [-0.2, 0) is 4.79 Å². The standard InChI is InChI=1S/C24H24N4O2/c1-15-5-6-17(13-20(15)26-23(30)24(2,3)4)21-14-28-22(25-21)12-11-19(27-28)16-7-9-18(29)10-8-16/h5-14,29H,1-4H3,(H,26,30). The molecule has 152 valence electrons. The first-order valence-electron chi connectivity index (χ1n) is 9.79. The lowest BCUT2D eigenvalue weighted by Crippen LogP contribution is -2.27. The van der Waals surface area contributed by atoms with Crippen molar-refractivity contribution in [3.63, 3.8) is 0 Å². The van der Waals surface area contributed by atoms with E-state index in [1.807, 2.05) is 76.4 Å². The summed E-state index contributed by atoms with van der Waals surface area (Å²) in [6, 6.07) is 16.7. The molecule has 0 aliphatic rings. The highest BCUT2D eigenvalue weighted by atomic mass is 16.3. The molecule has 30 heavy (non-hydrogen) atoms. The molecule has 0 spiro atoms. The Morgan fingerprint density at radius 1 is 0.967 bits per heavy atom. The molecule has 4 aromatic rings. The summed E-state index contributed by atoms with van der Waals surface area (Å²) in [7, 11) is 0. The molecule has 0 aliphatic carbocycles. The number of phenols is 1. The summed E-state index contributed by atoms with van der Waals surface area (Å²) in [4.78, 5) is 17.1. The van der Waals surface area contributed by atoms with E-state index in [-0.39, 0.29) is 11.7 Å². The normalized spacial score (nSPS) is 11.6. The maximum atomic E-state index is 12.4. The molecule has 2 heterocycles. The quantitative estimate of drug-likeness (QED) is 0.504. The van der Waals surface area contributed by atoms with Crippen molar-refractivity contribution >= 4 is 17.2 Å². The number of benzene rings is 2. The van der Waals surface area contributed by atoms with Crippen LogP contribution in [0.3, 0.4) is 0 Å². The Labute approximate surface area is 175 Å². The van der Waals surface area contributed by atoms with Crippen molar-refractivity contribution in [1.29, 1.82) is 0 Å². The van der Waals surface area contributed by atoms with Crippen molar-refractivity contribution in [3.05, 3.63) is 66.4 Å². The van der Waals surface area contributed by atoms with E-state index in [0.717, 1.165) is 39.4 Å². The summed E-state index contributed by atoms with van der Waals surface area (Å²) in [5, 5.41) is 17.1. The van der Waals surface area contributed by atoms with Crippen LogP contribution in [0.2, 0.25) is 0 Å². The SMILES string of the molecule is Cc1ccc(-c2cn3nc(-c4ccc(O)cc4)ccc3n2)cc1NC(=O)C(C)(C)C. The number of phenolic OH excluding ortho intramolecular Hbond substituents is 1. The van der Waals surface area contributed by atoms with Crippen molar-refractivity contribution in [2.45, 2.75) is 27.7 Å². The van der Waals surface area contributed by atoms with Gasteiger partial charge in [-0.1, -0.05) is 32.9 Å². The highest BCUT2D eigenvalue weighted by Gasteiger charge is 2.22. The van der Waals surface area contributed by atoms with Crippen LogP contribution in [0.5, 0.6) is 5.75 Å². The number of carbonyl (C=O) groups excluding carboxylic acids is 1. The van der Waals surface area contributed by atoms with Gasteiger partial charge in [-0.3, -0.25) is 4.79 Å². The van der Waals surface area contributed by atoms with Crippen LogP contribution in [0.1, 0.15) is 26.3 Å². The molecule has 6 nitrogen and oxygen atoms in total. The van der Waals surface area contributed by atoms with Crippen LogP contribution in [0.15, 0.2) is 60.8 Å². The van der Waals surface area contributed by atoms with Gasteiger partial charge in [-0.2, -0.15) is 5.10 Å². The van der Waals surface area contributed by atoms with E-state index in [2.05, 4.69) is 15.4 Å². The first-order chi connectivity index (χ1) is 14.2. The highest BCUT2D eigenvalue weighted by molar-refractivity contribution is 5.95. The van der Waals surface area contributed by atoms with Gasteiger partial charge in [0.2, 0.25) is 5.91 Å². The maximum absolute atomic E-state index is 12.4. The maximum Gasteiger partial charge on any atom is 0.229 e. The van der Waals surface area contributed by atoms with Crippen LogP contribution in [0, 0.1) is 12.3 Å². The van der Waals surface area contributed by atoms with Crippen molar-refractivity contribution in [3.8, 4) is 28.3 Å². The minimum absolute atomic E-state index is 0.0297. The van der Waals surface area contributed by atoms with Gasteiger partial charge >= 0.3 is 0 Å². The van der Waals surface area contributed by atoms with Gasteiger partial charge in [0.05, 0.1) is 17.6 Å². The van der Waals surface area contributed by atoms with Gasteiger partial charge in [-0.25, -0.2) is 9.50 Å². The van der Waals surface area contributed by atoms with Crippen LogP contribution in [0.25, 0.3) is 28.2 Å². The van der Waals surface area contributed by atoms with E-state index in [4.69, 9.17) is 0 Å². The predicted molar refractivity (Wildman–Crippen MR) is 118 cm³/mol. The summed E-state index contributed by atoms with van der Waals surface area (Å²) < 4.78 is 1.74. The molecule has 0 unspecified atom stereocenters. The summed E-state index contributed by atoms with van der Waals surface area (Å²) in [5.74, 6) is 0.191. The number of rotatable bonds is 3. The van der Waals surface area contributed by atoms with E-state index in [9.17, 15) is 9.90 Å². The zero-order valence-corrected chi connectivity index (χ0v) is 17.5. The number of aromatic nitrogens is 3. The second-order valence-electron chi connectivity index (χ2n) is 8.43. The van der Waals surface area contributed by atoms with Gasteiger partial charge in [0.25, 0.3) is 0 Å². The fourth-order valence-corrected chi connectivity index (χ4v) is 3.03. The molecule has 0 aliphatic heterocycles. The average molecular weight is 400 g/mol. The Balaban J connectivity index is 1.68. The second-order valence-corrected chi connectivity index (χ2v) is 8.43. The molecule has 2 aromatic heterocycles. The third kappa shape index (κ3) is 3.89. The number of fused-ring (bicyclic) bond motifs is 1. The number of anilines is 1. The van der Waals surface area contributed by atoms with Gasteiger partial charge in [0.15, 0.2) is 5.65 Å². The molecule has 2 aromatic carbocycles. The van der Waals surface area contributed by atoms with Gasteiger partial charge in [0, 0.05) is 22.2 Å². The molecular weight excluding hydrogens is 376 g/mol. The molecule has 0 radical (unpaired) electrons. The summed E-state index contributed by atoms with van der Waals surface area (Å²) >= 11 is 0. The zero-order valence-electron chi connectivity index (χ0n) is 17.5. The second kappa shape index (κ2) is 7.30. The average Bonchev–Trinajstić information content (AvgIpc) is 3.12. The van der Waals surface area contributed by atoms with Gasteiger partial charge in [-0.05, 0) is 55.0 Å². The first kappa shape index (κ1) is 19.6. The van der Waals surface area contributed by atoms with Gasteiger partial charge in [-0.15, -0.1) is 0 Å². The van der Waals surface area contributed by atoms with Crippen molar-refractivity contribution in [2.75, 3.05) is 5.32 Å². The number of aromatic hydroxyl groups is 1. The topological polar surface area (TPSA) is 79.5 Å². The van der Waals surface area contributed by atoms with E-state index < -0.39 is 5.41 Å². The smallest absolute Gasteiger partial charge is 0.229 e. The largest absolute Gasteiger partial charge is 0.508 e. The molecule has 6 heteroatoms. The fraction of sp³-hybridized carbons (Fsp3) is 0.208. The third-order valence-corrected chi connectivity index (χ3v) is 4.95. The number of aryl methyl sites for hydroxylation is 1. The predicted octanol–water partition coefficient (Wildman–Crippen LogP) is 5.06. The van der Waals surface area contributed by atoms with Crippen LogP contribution >= 0.6 is 0 Å². The molecule has 1 amide bonds. The number of hydrogen-bond donors (Lipinski definition) is 2.